The lowest BCUT2D eigenvalue weighted by atomic mass is 10.1. The smallest absolute Gasteiger partial charge is 0.315 e. The van der Waals surface area contributed by atoms with Crippen LogP contribution in [0.15, 0.2) is 30.3 Å². The van der Waals surface area contributed by atoms with Gasteiger partial charge in [-0.1, -0.05) is 30.3 Å². The van der Waals surface area contributed by atoms with Crippen LogP contribution in [0.1, 0.15) is 39.2 Å². The maximum absolute atomic E-state index is 11.8. The molecule has 1 fully saturated rings. The van der Waals surface area contributed by atoms with Crippen molar-refractivity contribution in [2.45, 2.75) is 58.3 Å². The Morgan fingerprint density at radius 1 is 1.24 bits per heavy atom. The molecule has 4 nitrogen and oxygen atoms in total. The average molecular weight is 289 g/mol. The number of rotatable bonds is 7. The maximum Gasteiger partial charge on any atom is 0.315 e. The molecule has 2 amide bonds. The van der Waals surface area contributed by atoms with Crippen LogP contribution in [0.25, 0.3) is 0 Å². The van der Waals surface area contributed by atoms with Crippen molar-refractivity contribution >= 4 is 6.03 Å². The Bertz CT molecular complexity index is 443. The third-order valence-electron chi connectivity index (χ3n) is 3.76. The third kappa shape index (κ3) is 5.76. The lowest BCUT2D eigenvalue weighted by Gasteiger charge is -2.29. The standard InChI is InChI=1S/C17H27N3O/c1-13(2)20(12-15-7-5-4-6-8-15)11-14(3)18-17(21)19-16-9-10-16/h4-8,13-14,16H,9-12H2,1-3H3,(H2,18,19,21). The molecule has 1 aliphatic carbocycles. The first-order valence-electron chi connectivity index (χ1n) is 7.89. The minimum Gasteiger partial charge on any atom is -0.335 e. The number of hydrogen-bond acceptors (Lipinski definition) is 2. The maximum atomic E-state index is 11.8. The van der Waals surface area contributed by atoms with Gasteiger partial charge in [0.05, 0.1) is 0 Å². The van der Waals surface area contributed by atoms with Crippen molar-refractivity contribution in [3.05, 3.63) is 35.9 Å². The van der Waals surface area contributed by atoms with E-state index in [1.54, 1.807) is 0 Å². The largest absolute Gasteiger partial charge is 0.335 e. The van der Waals surface area contributed by atoms with E-state index in [0.717, 1.165) is 25.9 Å². The van der Waals surface area contributed by atoms with Crippen molar-refractivity contribution < 1.29 is 4.79 Å². The highest BCUT2D eigenvalue weighted by molar-refractivity contribution is 5.74. The molecule has 1 unspecified atom stereocenters. The minimum atomic E-state index is -0.0339. The summed E-state index contributed by atoms with van der Waals surface area (Å²) in [6.45, 7) is 8.21. The van der Waals surface area contributed by atoms with Gasteiger partial charge < -0.3 is 10.6 Å². The zero-order chi connectivity index (χ0) is 15.2. The van der Waals surface area contributed by atoms with Gasteiger partial charge >= 0.3 is 6.03 Å². The molecule has 0 spiro atoms. The van der Waals surface area contributed by atoms with Crippen LogP contribution in [0.3, 0.4) is 0 Å². The number of nitrogens with zero attached hydrogens (tertiary/aromatic N) is 1. The molecule has 21 heavy (non-hydrogen) atoms. The Balaban J connectivity index is 1.82. The second kappa shape index (κ2) is 7.46. The minimum absolute atomic E-state index is 0.0339. The van der Waals surface area contributed by atoms with Gasteiger partial charge in [-0.3, -0.25) is 4.90 Å². The SMILES string of the molecule is CC(CN(Cc1ccccc1)C(C)C)NC(=O)NC1CC1. The van der Waals surface area contributed by atoms with Crippen molar-refractivity contribution in [1.29, 1.82) is 0 Å². The van der Waals surface area contributed by atoms with Gasteiger partial charge in [-0.15, -0.1) is 0 Å². The predicted octanol–water partition coefficient (Wildman–Crippen LogP) is 2.75. The van der Waals surface area contributed by atoms with Crippen molar-refractivity contribution in [1.82, 2.24) is 15.5 Å². The highest BCUT2D eigenvalue weighted by Gasteiger charge is 2.24. The van der Waals surface area contributed by atoms with Crippen LogP contribution in [0.2, 0.25) is 0 Å². The van der Waals surface area contributed by atoms with Crippen LogP contribution in [-0.4, -0.2) is 35.6 Å². The molecule has 1 aromatic rings. The Morgan fingerprint density at radius 3 is 2.48 bits per heavy atom. The topological polar surface area (TPSA) is 44.4 Å². The van der Waals surface area contributed by atoms with E-state index in [1.165, 1.54) is 5.56 Å². The summed E-state index contributed by atoms with van der Waals surface area (Å²) in [5.41, 5.74) is 1.31. The normalized spacial score (nSPS) is 16.0. The molecular weight excluding hydrogens is 262 g/mol. The molecule has 2 rings (SSSR count). The molecule has 0 aliphatic heterocycles. The molecule has 2 N–H and O–H groups in total. The summed E-state index contributed by atoms with van der Waals surface area (Å²) in [4.78, 5) is 14.2. The van der Waals surface area contributed by atoms with Crippen LogP contribution < -0.4 is 10.6 Å². The molecule has 0 saturated heterocycles. The van der Waals surface area contributed by atoms with E-state index in [-0.39, 0.29) is 12.1 Å². The van der Waals surface area contributed by atoms with E-state index in [1.807, 2.05) is 6.07 Å². The van der Waals surface area contributed by atoms with Crippen LogP contribution in [-0.2, 0) is 6.54 Å². The zero-order valence-corrected chi connectivity index (χ0v) is 13.3. The summed E-state index contributed by atoms with van der Waals surface area (Å²) in [6.07, 6.45) is 2.24. The second-order valence-electron chi connectivity index (χ2n) is 6.30. The first-order valence-corrected chi connectivity index (χ1v) is 7.89. The van der Waals surface area contributed by atoms with Crippen molar-refractivity contribution in [2.24, 2.45) is 0 Å². The fourth-order valence-electron chi connectivity index (χ4n) is 2.35. The third-order valence-corrected chi connectivity index (χ3v) is 3.76. The summed E-state index contributed by atoms with van der Waals surface area (Å²) < 4.78 is 0. The van der Waals surface area contributed by atoms with E-state index >= 15 is 0 Å². The molecule has 4 heteroatoms. The van der Waals surface area contributed by atoms with Crippen LogP contribution in [0.5, 0.6) is 0 Å². The van der Waals surface area contributed by atoms with Gasteiger partial charge in [0.25, 0.3) is 0 Å². The molecule has 116 valence electrons. The van der Waals surface area contributed by atoms with Crippen LogP contribution >= 0.6 is 0 Å². The molecule has 1 atom stereocenters. The van der Waals surface area contributed by atoms with Gasteiger partial charge in [0.15, 0.2) is 0 Å². The lowest BCUT2D eigenvalue weighted by Crippen LogP contribution is -2.47. The predicted molar refractivity (Wildman–Crippen MR) is 86.1 cm³/mol. The molecular formula is C17H27N3O. The molecule has 0 radical (unpaired) electrons. The number of urea groups is 1. The molecule has 0 bridgehead atoms. The number of carbonyl (C=O) groups excluding carboxylic acids is 1. The molecule has 0 aromatic heterocycles. The number of hydrogen-bond donors (Lipinski definition) is 2. The first-order chi connectivity index (χ1) is 10.0. The summed E-state index contributed by atoms with van der Waals surface area (Å²) in [7, 11) is 0. The summed E-state index contributed by atoms with van der Waals surface area (Å²) >= 11 is 0. The average Bonchev–Trinajstić information content (AvgIpc) is 3.22. The molecule has 1 saturated carbocycles. The molecule has 0 heterocycles. The van der Waals surface area contributed by atoms with E-state index in [2.05, 4.69) is 60.6 Å². The van der Waals surface area contributed by atoms with Gasteiger partial charge in [0, 0.05) is 31.2 Å². The van der Waals surface area contributed by atoms with Crippen molar-refractivity contribution in [3.63, 3.8) is 0 Å². The van der Waals surface area contributed by atoms with E-state index < -0.39 is 0 Å². The quantitative estimate of drug-likeness (QED) is 0.810. The molecule has 1 aromatic carbocycles. The summed E-state index contributed by atoms with van der Waals surface area (Å²) in [5, 5.41) is 6.00. The Hall–Kier alpha value is -1.55. The van der Waals surface area contributed by atoms with E-state index in [0.29, 0.717) is 12.1 Å². The Labute approximate surface area is 127 Å². The van der Waals surface area contributed by atoms with Crippen LogP contribution in [0, 0.1) is 0 Å². The van der Waals surface area contributed by atoms with Gasteiger partial charge in [0.1, 0.15) is 0 Å². The number of amides is 2. The number of benzene rings is 1. The second-order valence-corrected chi connectivity index (χ2v) is 6.30. The first kappa shape index (κ1) is 15.8. The number of carbonyl (C=O) groups is 1. The van der Waals surface area contributed by atoms with Crippen molar-refractivity contribution in [2.75, 3.05) is 6.54 Å². The highest BCUT2D eigenvalue weighted by atomic mass is 16.2. The highest BCUT2D eigenvalue weighted by Crippen LogP contribution is 2.18. The monoisotopic (exact) mass is 289 g/mol. The fourth-order valence-corrected chi connectivity index (χ4v) is 2.35. The summed E-state index contributed by atoms with van der Waals surface area (Å²) in [6, 6.07) is 11.4. The lowest BCUT2D eigenvalue weighted by molar-refractivity contribution is 0.189. The number of nitrogens with one attached hydrogen (secondary N) is 2. The fraction of sp³-hybridized carbons (Fsp3) is 0.588. The molecule has 1 aliphatic rings. The van der Waals surface area contributed by atoms with Crippen LogP contribution in [0.4, 0.5) is 4.79 Å². The van der Waals surface area contributed by atoms with Gasteiger partial charge in [-0.25, -0.2) is 4.79 Å². The summed E-state index contributed by atoms with van der Waals surface area (Å²) in [5.74, 6) is 0. The van der Waals surface area contributed by atoms with Crippen molar-refractivity contribution in [3.8, 4) is 0 Å². The van der Waals surface area contributed by atoms with Gasteiger partial charge in [-0.05, 0) is 39.2 Å². The zero-order valence-electron chi connectivity index (χ0n) is 13.3. The van der Waals surface area contributed by atoms with Gasteiger partial charge in [0.2, 0.25) is 0 Å². The van der Waals surface area contributed by atoms with E-state index in [9.17, 15) is 4.79 Å². The Morgan fingerprint density at radius 2 is 1.90 bits per heavy atom. The van der Waals surface area contributed by atoms with E-state index in [4.69, 9.17) is 0 Å². The van der Waals surface area contributed by atoms with Gasteiger partial charge in [-0.2, -0.15) is 0 Å². The Kier molecular flexibility index (Phi) is 5.62.